The van der Waals surface area contributed by atoms with Crippen LogP contribution in [0.4, 0.5) is 26.3 Å². The van der Waals surface area contributed by atoms with Gasteiger partial charge >= 0.3 is 24.3 Å². The Morgan fingerprint density at radius 2 is 1.57 bits per heavy atom. The molecule has 0 aromatic carbocycles. The minimum Gasteiger partial charge on any atom is -0.475 e. The molecule has 1 aromatic rings. The molecule has 0 saturated carbocycles. The molecule has 8 nitrogen and oxygen atoms in total. The highest BCUT2D eigenvalue weighted by molar-refractivity contribution is 7.07. The van der Waals surface area contributed by atoms with Gasteiger partial charge in [0.15, 0.2) is 0 Å². The van der Waals surface area contributed by atoms with Crippen LogP contribution >= 0.6 is 11.3 Å². The number of rotatable bonds is 7. The average molecular weight is 567 g/mol. The van der Waals surface area contributed by atoms with Gasteiger partial charge in [0.25, 0.3) is 0 Å². The number of hydrogen-bond donors (Lipinski definition) is 2. The third-order valence-electron chi connectivity index (χ3n) is 6.19. The molecule has 3 heterocycles. The molecule has 2 aliphatic rings. The molecule has 0 amide bonds. The van der Waals surface area contributed by atoms with Crippen molar-refractivity contribution in [3.05, 3.63) is 22.4 Å². The second-order valence-electron chi connectivity index (χ2n) is 8.76. The van der Waals surface area contributed by atoms with E-state index in [0.29, 0.717) is 11.3 Å². The first kappa shape index (κ1) is 33.1. The van der Waals surface area contributed by atoms with E-state index in [9.17, 15) is 26.3 Å². The fourth-order valence-corrected chi connectivity index (χ4v) is 4.99. The van der Waals surface area contributed by atoms with Gasteiger partial charge in [-0.15, -0.1) is 0 Å². The first-order valence-corrected chi connectivity index (χ1v) is 12.1. The first-order chi connectivity index (χ1) is 17.1. The normalized spacial score (nSPS) is 20.1. The zero-order valence-corrected chi connectivity index (χ0v) is 21.3. The largest absolute Gasteiger partial charge is 0.490 e. The highest BCUT2D eigenvalue weighted by Gasteiger charge is 2.47. The number of nitrogens with zero attached hydrogens (tertiary/aromatic N) is 2. The average Bonchev–Trinajstić information content (AvgIpc) is 3.42. The predicted octanol–water partition coefficient (Wildman–Crippen LogP) is 3.82. The van der Waals surface area contributed by atoms with Crippen molar-refractivity contribution < 1.29 is 55.6 Å². The van der Waals surface area contributed by atoms with Crippen molar-refractivity contribution in [3.8, 4) is 0 Å². The first-order valence-electron chi connectivity index (χ1n) is 11.2. The fourth-order valence-electron chi connectivity index (χ4n) is 4.33. The lowest BCUT2D eigenvalue weighted by Gasteiger charge is -2.42. The molecule has 3 rings (SSSR count). The molecule has 0 radical (unpaired) electrons. The van der Waals surface area contributed by atoms with E-state index in [1.54, 1.807) is 18.4 Å². The number of carbonyl (C=O) groups is 2. The molecule has 2 saturated heterocycles. The smallest absolute Gasteiger partial charge is 0.475 e. The van der Waals surface area contributed by atoms with Crippen molar-refractivity contribution in [2.24, 2.45) is 11.3 Å². The lowest BCUT2D eigenvalue weighted by molar-refractivity contribution is -0.193. The molecule has 1 aromatic heterocycles. The molecule has 15 heteroatoms. The number of carboxylic acid groups (broad SMARTS) is 2. The number of methoxy groups -OCH3 is 2. The Morgan fingerprint density at radius 1 is 1.03 bits per heavy atom. The molecule has 1 unspecified atom stereocenters. The zero-order chi connectivity index (χ0) is 28.3. The summed E-state index contributed by atoms with van der Waals surface area (Å²) in [5.74, 6) is -4.84. The predicted molar refractivity (Wildman–Crippen MR) is 122 cm³/mol. The van der Waals surface area contributed by atoms with E-state index >= 15 is 0 Å². The molecule has 1 atom stereocenters. The maximum atomic E-state index is 10.6. The van der Waals surface area contributed by atoms with Crippen LogP contribution in [-0.4, -0.2) is 104 Å². The number of aliphatic carboxylic acids is 2. The van der Waals surface area contributed by atoms with Gasteiger partial charge in [0.05, 0.1) is 13.2 Å². The Morgan fingerprint density at radius 3 is 1.97 bits per heavy atom. The number of thiophene rings is 1. The van der Waals surface area contributed by atoms with Crippen LogP contribution < -0.4 is 0 Å². The van der Waals surface area contributed by atoms with E-state index in [0.717, 1.165) is 26.3 Å². The Hall–Kier alpha value is -1.94. The van der Waals surface area contributed by atoms with Gasteiger partial charge in [-0.05, 0) is 53.7 Å². The standard InChI is InChI=1S/C18H30N2O2S.2C2HF3O2/c1-21-9-8-20-12-17(13-22-2)18(15-20)4-6-19(7-5-18)11-16-3-10-23-14-16;2*3-2(4,5)1(6)7/h3,10,14,17H,4-9,11-13,15H2,1-2H3;2*(H,6,7). The quantitative estimate of drug-likeness (QED) is 0.481. The fraction of sp³-hybridized carbons (Fsp3) is 0.727. The third kappa shape index (κ3) is 11.5. The van der Waals surface area contributed by atoms with Crippen LogP contribution in [0.25, 0.3) is 0 Å². The summed E-state index contributed by atoms with van der Waals surface area (Å²) in [6.07, 6.45) is -7.57. The number of piperidine rings is 1. The lowest BCUT2D eigenvalue weighted by Crippen LogP contribution is -2.45. The second-order valence-corrected chi connectivity index (χ2v) is 9.54. The van der Waals surface area contributed by atoms with E-state index in [1.165, 1.54) is 44.6 Å². The van der Waals surface area contributed by atoms with Gasteiger partial charge in [-0.25, -0.2) is 9.59 Å². The molecule has 214 valence electrons. The molecule has 37 heavy (non-hydrogen) atoms. The monoisotopic (exact) mass is 566 g/mol. The summed E-state index contributed by atoms with van der Waals surface area (Å²) in [5, 5.41) is 18.7. The highest BCUT2D eigenvalue weighted by atomic mass is 32.1. The van der Waals surface area contributed by atoms with Crippen LogP contribution in [0.5, 0.6) is 0 Å². The van der Waals surface area contributed by atoms with Gasteiger partial charge in [0, 0.05) is 46.3 Å². The number of carboxylic acids is 2. The van der Waals surface area contributed by atoms with Gasteiger partial charge < -0.3 is 24.6 Å². The summed E-state index contributed by atoms with van der Waals surface area (Å²) < 4.78 is 74.3. The number of likely N-dealkylation sites (tertiary alicyclic amines) is 2. The maximum Gasteiger partial charge on any atom is 0.490 e. The molecule has 0 aliphatic carbocycles. The van der Waals surface area contributed by atoms with E-state index in [1.807, 2.05) is 7.11 Å². The summed E-state index contributed by atoms with van der Waals surface area (Å²) in [6, 6.07) is 2.25. The minimum absolute atomic E-state index is 0.453. The van der Waals surface area contributed by atoms with Gasteiger partial charge in [-0.2, -0.15) is 37.7 Å². The highest BCUT2D eigenvalue weighted by Crippen LogP contribution is 2.45. The number of hydrogen-bond acceptors (Lipinski definition) is 7. The van der Waals surface area contributed by atoms with Crippen molar-refractivity contribution in [3.63, 3.8) is 0 Å². The Balaban J connectivity index is 0.000000404. The van der Waals surface area contributed by atoms with Crippen LogP contribution in [-0.2, 0) is 25.6 Å². The summed E-state index contributed by atoms with van der Waals surface area (Å²) in [6.45, 7) is 8.72. The van der Waals surface area contributed by atoms with E-state index in [4.69, 9.17) is 29.3 Å². The Bertz CT molecular complexity index is 790. The van der Waals surface area contributed by atoms with E-state index < -0.39 is 24.3 Å². The van der Waals surface area contributed by atoms with Crippen molar-refractivity contribution >= 4 is 23.3 Å². The van der Waals surface area contributed by atoms with Crippen molar-refractivity contribution in [1.82, 2.24) is 9.80 Å². The minimum atomic E-state index is -5.08. The van der Waals surface area contributed by atoms with E-state index in [-0.39, 0.29) is 0 Å². The Kier molecular flexibility index (Phi) is 13.3. The molecule has 0 bridgehead atoms. The summed E-state index contributed by atoms with van der Waals surface area (Å²) in [7, 11) is 3.64. The van der Waals surface area contributed by atoms with Crippen LogP contribution in [0.2, 0.25) is 0 Å². The van der Waals surface area contributed by atoms with Crippen LogP contribution in [0.1, 0.15) is 18.4 Å². The zero-order valence-electron chi connectivity index (χ0n) is 20.5. The summed E-state index contributed by atoms with van der Waals surface area (Å²) >= 11 is 1.80. The summed E-state index contributed by atoms with van der Waals surface area (Å²) in [4.78, 5) is 23.0. The molecular formula is C22H32F6N2O6S. The molecule has 1 spiro atoms. The molecule has 2 fully saturated rings. The van der Waals surface area contributed by atoms with Gasteiger partial charge in [-0.3, -0.25) is 4.90 Å². The van der Waals surface area contributed by atoms with Gasteiger partial charge in [0.2, 0.25) is 0 Å². The van der Waals surface area contributed by atoms with Gasteiger partial charge in [-0.1, -0.05) is 0 Å². The second kappa shape index (κ2) is 14.9. The molecule has 2 aliphatic heterocycles. The topological polar surface area (TPSA) is 99.5 Å². The van der Waals surface area contributed by atoms with Crippen molar-refractivity contribution in [2.75, 3.05) is 60.2 Å². The Labute approximate surface area is 214 Å². The SMILES string of the molecule is COCCN1CC(COC)C2(CCN(Cc3ccsc3)CC2)C1.O=C(O)C(F)(F)F.O=C(O)C(F)(F)F. The molecule has 2 N–H and O–H groups in total. The third-order valence-corrected chi connectivity index (χ3v) is 6.92. The molecular weight excluding hydrogens is 534 g/mol. The summed E-state index contributed by atoms with van der Waals surface area (Å²) in [5.41, 5.74) is 1.92. The number of ether oxygens (including phenoxy) is 2. The van der Waals surface area contributed by atoms with Crippen molar-refractivity contribution in [2.45, 2.75) is 31.7 Å². The van der Waals surface area contributed by atoms with Crippen LogP contribution in [0, 0.1) is 11.3 Å². The van der Waals surface area contributed by atoms with E-state index in [2.05, 4.69) is 26.6 Å². The van der Waals surface area contributed by atoms with Crippen molar-refractivity contribution in [1.29, 1.82) is 0 Å². The lowest BCUT2D eigenvalue weighted by atomic mass is 9.71. The van der Waals surface area contributed by atoms with Gasteiger partial charge in [0.1, 0.15) is 0 Å². The number of alkyl halides is 6. The van der Waals surface area contributed by atoms with Crippen LogP contribution in [0.3, 0.4) is 0 Å². The maximum absolute atomic E-state index is 10.6. The number of halogens is 6. The van der Waals surface area contributed by atoms with Crippen LogP contribution in [0.15, 0.2) is 16.8 Å².